The van der Waals surface area contributed by atoms with Crippen LogP contribution < -0.4 is 4.74 Å². The number of likely N-dealkylation sites (tertiary alicyclic amines) is 1. The number of hydrogen-bond acceptors (Lipinski definition) is 4. The van der Waals surface area contributed by atoms with Crippen LogP contribution in [-0.2, 0) is 9.59 Å². The summed E-state index contributed by atoms with van der Waals surface area (Å²) in [5.41, 5.74) is 1.49. The molecule has 34 heavy (non-hydrogen) atoms. The number of amides is 1. The van der Waals surface area contributed by atoms with E-state index in [1.165, 1.54) is 0 Å². The van der Waals surface area contributed by atoms with E-state index in [4.69, 9.17) is 4.74 Å². The second-order valence-electron chi connectivity index (χ2n) is 9.44. The van der Waals surface area contributed by atoms with Crippen molar-refractivity contribution in [3.05, 3.63) is 83.4 Å². The van der Waals surface area contributed by atoms with Gasteiger partial charge in [0.1, 0.15) is 11.5 Å². The predicted molar refractivity (Wildman–Crippen MR) is 133 cm³/mol. The van der Waals surface area contributed by atoms with Crippen molar-refractivity contribution in [3.8, 4) is 5.75 Å². The van der Waals surface area contributed by atoms with Gasteiger partial charge in [-0.3, -0.25) is 9.59 Å². The summed E-state index contributed by atoms with van der Waals surface area (Å²) in [6.45, 7) is 3.93. The maximum Gasteiger partial charge on any atom is 0.295 e. The largest absolute Gasteiger partial charge is 0.507 e. The highest BCUT2D eigenvalue weighted by atomic mass is 16.5. The highest BCUT2D eigenvalue weighted by Gasteiger charge is 2.49. The maximum atomic E-state index is 13.3. The van der Waals surface area contributed by atoms with E-state index in [1.807, 2.05) is 74.5 Å². The molecule has 5 rings (SSSR count). The van der Waals surface area contributed by atoms with Crippen molar-refractivity contribution in [1.29, 1.82) is 0 Å². The topological polar surface area (TPSA) is 66.8 Å². The van der Waals surface area contributed by atoms with Gasteiger partial charge < -0.3 is 14.7 Å². The summed E-state index contributed by atoms with van der Waals surface area (Å²) in [5.74, 6) is -0.546. The molecule has 1 aliphatic heterocycles. The SMILES string of the molecule is CC(C)Oc1ccc(C2/C(=C(/O)c3ccc4ccccc4c3)C(=O)C(=O)N2C2CCCC2)cc1. The van der Waals surface area contributed by atoms with Gasteiger partial charge in [0.05, 0.1) is 17.7 Å². The molecule has 1 unspecified atom stereocenters. The lowest BCUT2D eigenvalue weighted by molar-refractivity contribution is -0.141. The molecule has 1 atom stereocenters. The van der Waals surface area contributed by atoms with Crippen LogP contribution in [-0.4, -0.2) is 33.8 Å². The van der Waals surface area contributed by atoms with E-state index in [9.17, 15) is 14.7 Å². The molecule has 0 radical (unpaired) electrons. The lowest BCUT2D eigenvalue weighted by atomic mass is 9.94. The standard InChI is InChI=1S/C29H29NO4/c1-18(2)34-24-15-13-20(14-16-24)26-25(28(32)29(33)30(26)23-9-5-6-10-23)27(31)22-12-11-19-7-3-4-8-21(19)17-22/h3-4,7-8,11-18,23,26,31H,5-6,9-10H2,1-2H3/b27-25-. The first-order valence-corrected chi connectivity index (χ1v) is 12.0. The molecular formula is C29H29NO4. The van der Waals surface area contributed by atoms with Crippen LogP contribution in [0.2, 0.25) is 0 Å². The average molecular weight is 456 g/mol. The molecule has 1 saturated heterocycles. The van der Waals surface area contributed by atoms with Crippen LogP contribution in [0.4, 0.5) is 0 Å². The highest BCUT2D eigenvalue weighted by Crippen LogP contribution is 2.43. The van der Waals surface area contributed by atoms with Crippen LogP contribution in [0.5, 0.6) is 5.75 Å². The van der Waals surface area contributed by atoms with Crippen LogP contribution in [0.1, 0.15) is 56.7 Å². The van der Waals surface area contributed by atoms with Gasteiger partial charge in [-0.25, -0.2) is 0 Å². The number of benzene rings is 3. The van der Waals surface area contributed by atoms with Crippen LogP contribution in [0.25, 0.3) is 16.5 Å². The van der Waals surface area contributed by atoms with Gasteiger partial charge in [-0.15, -0.1) is 0 Å². The first-order chi connectivity index (χ1) is 16.4. The van der Waals surface area contributed by atoms with Crippen molar-refractivity contribution in [2.24, 2.45) is 0 Å². The Labute approximate surface area is 199 Å². The van der Waals surface area contributed by atoms with Crippen molar-refractivity contribution in [2.45, 2.75) is 57.7 Å². The van der Waals surface area contributed by atoms with E-state index in [1.54, 1.807) is 11.0 Å². The Morgan fingerprint density at radius 2 is 1.62 bits per heavy atom. The summed E-state index contributed by atoms with van der Waals surface area (Å²) in [6, 6.07) is 20.3. The van der Waals surface area contributed by atoms with Gasteiger partial charge in [-0.05, 0) is 61.2 Å². The molecule has 1 aliphatic carbocycles. The number of ether oxygens (including phenoxy) is 1. The van der Waals surface area contributed by atoms with Crippen molar-refractivity contribution in [3.63, 3.8) is 0 Å². The summed E-state index contributed by atoms with van der Waals surface area (Å²) >= 11 is 0. The molecule has 2 aliphatic rings. The average Bonchev–Trinajstić information content (AvgIpc) is 3.45. The van der Waals surface area contributed by atoms with Gasteiger partial charge in [-0.2, -0.15) is 0 Å². The van der Waals surface area contributed by atoms with Crippen molar-refractivity contribution in [1.82, 2.24) is 4.90 Å². The molecule has 0 aromatic heterocycles. The fourth-order valence-corrected chi connectivity index (χ4v) is 5.23. The van der Waals surface area contributed by atoms with Gasteiger partial charge >= 0.3 is 0 Å². The molecule has 1 amide bonds. The van der Waals surface area contributed by atoms with Crippen LogP contribution in [0.3, 0.4) is 0 Å². The van der Waals surface area contributed by atoms with Crippen LogP contribution in [0.15, 0.2) is 72.3 Å². The molecule has 0 bridgehead atoms. The number of ketones is 1. The Balaban J connectivity index is 1.63. The van der Waals surface area contributed by atoms with Crippen molar-refractivity contribution < 1.29 is 19.4 Å². The quantitative estimate of drug-likeness (QED) is 0.291. The normalized spacial score (nSPS) is 20.6. The zero-order valence-corrected chi connectivity index (χ0v) is 19.5. The van der Waals surface area contributed by atoms with E-state index >= 15 is 0 Å². The number of carbonyl (C=O) groups is 2. The molecule has 174 valence electrons. The second-order valence-corrected chi connectivity index (χ2v) is 9.44. The lowest BCUT2D eigenvalue weighted by Gasteiger charge is -2.31. The number of aliphatic hydroxyl groups is 1. The van der Waals surface area contributed by atoms with Crippen LogP contribution in [0, 0.1) is 0 Å². The van der Waals surface area contributed by atoms with Crippen LogP contribution >= 0.6 is 0 Å². The third-order valence-corrected chi connectivity index (χ3v) is 6.79. The number of aliphatic hydroxyl groups excluding tert-OH is 1. The van der Waals surface area contributed by atoms with E-state index in [-0.39, 0.29) is 23.5 Å². The molecule has 1 N–H and O–H groups in total. The van der Waals surface area contributed by atoms with Gasteiger partial charge in [0.15, 0.2) is 0 Å². The molecular weight excluding hydrogens is 426 g/mol. The minimum absolute atomic E-state index is 0.00468. The zero-order chi connectivity index (χ0) is 23.8. The number of Topliss-reactive ketones (excluding diaryl/α,β-unsaturated/α-hetero) is 1. The van der Waals surface area contributed by atoms with E-state index in [0.29, 0.717) is 5.56 Å². The second kappa shape index (κ2) is 8.98. The molecule has 3 aromatic carbocycles. The number of hydrogen-bond donors (Lipinski definition) is 1. The van der Waals surface area contributed by atoms with E-state index in [2.05, 4.69) is 0 Å². The van der Waals surface area contributed by atoms with Crippen molar-refractivity contribution in [2.75, 3.05) is 0 Å². The van der Waals surface area contributed by atoms with E-state index < -0.39 is 17.7 Å². The first kappa shape index (κ1) is 22.2. The number of rotatable bonds is 5. The van der Waals surface area contributed by atoms with Gasteiger partial charge in [0, 0.05) is 11.6 Å². The minimum Gasteiger partial charge on any atom is -0.507 e. The predicted octanol–water partition coefficient (Wildman–Crippen LogP) is 5.99. The Morgan fingerprint density at radius 3 is 2.29 bits per heavy atom. The fraction of sp³-hybridized carbons (Fsp3) is 0.310. The molecule has 5 heteroatoms. The van der Waals surface area contributed by atoms with Gasteiger partial charge in [0.25, 0.3) is 11.7 Å². The molecule has 1 heterocycles. The third-order valence-electron chi connectivity index (χ3n) is 6.79. The molecule has 1 saturated carbocycles. The first-order valence-electron chi connectivity index (χ1n) is 12.0. The Morgan fingerprint density at radius 1 is 0.941 bits per heavy atom. The Kier molecular flexibility index (Phi) is 5.86. The zero-order valence-electron chi connectivity index (χ0n) is 19.5. The molecule has 0 spiro atoms. The summed E-state index contributed by atoms with van der Waals surface area (Å²) in [5, 5.41) is 13.4. The Hall–Kier alpha value is -3.60. The van der Waals surface area contributed by atoms with Crippen molar-refractivity contribution >= 4 is 28.2 Å². The third kappa shape index (κ3) is 3.96. The molecule has 3 aromatic rings. The lowest BCUT2D eigenvalue weighted by Crippen LogP contribution is -2.37. The Bertz CT molecular complexity index is 1270. The maximum absolute atomic E-state index is 13.3. The monoisotopic (exact) mass is 455 g/mol. The molecule has 2 fully saturated rings. The summed E-state index contributed by atoms with van der Waals surface area (Å²) in [4.78, 5) is 28.3. The summed E-state index contributed by atoms with van der Waals surface area (Å²) in [6.07, 6.45) is 3.85. The minimum atomic E-state index is -0.623. The highest BCUT2D eigenvalue weighted by molar-refractivity contribution is 6.46. The summed E-state index contributed by atoms with van der Waals surface area (Å²) < 4.78 is 5.78. The number of fused-ring (bicyclic) bond motifs is 1. The van der Waals surface area contributed by atoms with Gasteiger partial charge in [0.2, 0.25) is 0 Å². The number of carbonyl (C=O) groups excluding carboxylic acids is 2. The van der Waals surface area contributed by atoms with Gasteiger partial charge in [-0.1, -0.05) is 61.4 Å². The summed E-state index contributed by atoms with van der Waals surface area (Å²) in [7, 11) is 0. The smallest absolute Gasteiger partial charge is 0.295 e. The fourth-order valence-electron chi connectivity index (χ4n) is 5.23. The number of nitrogens with zero attached hydrogens (tertiary/aromatic N) is 1. The van der Waals surface area contributed by atoms with E-state index in [0.717, 1.165) is 47.8 Å². The molecule has 5 nitrogen and oxygen atoms in total.